The number of aryl methyl sites for hydroxylation is 3. The minimum Gasteiger partial charge on any atom is -0.301 e. The van der Waals surface area contributed by atoms with Crippen LogP contribution in [0.25, 0.3) is 5.78 Å². The number of hydrogen-bond acceptors (Lipinski definition) is 4. The highest BCUT2D eigenvalue weighted by atomic mass is 35.5. The highest BCUT2D eigenvalue weighted by molar-refractivity contribution is 6.30. The van der Waals surface area contributed by atoms with Crippen molar-refractivity contribution in [3.63, 3.8) is 0 Å². The zero-order valence-corrected chi connectivity index (χ0v) is 17.2. The van der Waals surface area contributed by atoms with Crippen molar-refractivity contribution in [3.05, 3.63) is 88.0 Å². The Labute approximate surface area is 173 Å². The Kier molecular flexibility index (Phi) is 5.03. The van der Waals surface area contributed by atoms with E-state index in [1.807, 2.05) is 63.2 Å². The first-order valence-electron chi connectivity index (χ1n) is 9.25. The van der Waals surface area contributed by atoms with Gasteiger partial charge >= 0.3 is 0 Å². The van der Waals surface area contributed by atoms with Gasteiger partial charge in [-0.25, -0.2) is 9.50 Å². The van der Waals surface area contributed by atoms with Gasteiger partial charge in [-0.05, 0) is 63.2 Å². The molecular formula is C22H20ClN5O. The number of nitrogens with zero attached hydrogens (tertiary/aromatic N) is 5. The number of rotatable bonds is 4. The summed E-state index contributed by atoms with van der Waals surface area (Å²) >= 11 is 6.04. The molecule has 0 unspecified atom stereocenters. The molecule has 7 heteroatoms. The van der Waals surface area contributed by atoms with Crippen LogP contribution in [0, 0.1) is 20.8 Å². The number of hydrogen-bond donors (Lipinski definition) is 0. The smallest absolute Gasteiger partial charge is 0.258 e. The van der Waals surface area contributed by atoms with Crippen LogP contribution in [0.3, 0.4) is 0 Å². The van der Waals surface area contributed by atoms with Crippen LogP contribution >= 0.6 is 11.6 Å². The molecule has 0 aliphatic heterocycles. The van der Waals surface area contributed by atoms with Gasteiger partial charge in [-0.3, -0.25) is 4.79 Å². The van der Waals surface area contributed by atoms with Crippen molar-refractivity contribution in [2.75, 3.05) is 4.90 Å². The Hall–Kier alpha value is -3.25. The van der Waals surface area contributed by atoms with E-state index < -0.39 is 0 Å². The molecule has 146 valence electrons. The van der Waals surface area contributed by atoms with Crippen LogP contribution in [0.1, 0.15) is 33.1 Å². The normalized spacial score (nSPS) is 11.0. The molecular weight excluding hydrogens is 386 g/mol. The first-order valence-corrected chi connectivity index (χ1v) is 9.62. The molecule has 0 saturated heterocycles. The second-order valence-electron chi connectivity index (χ2n) is 7.02. The third-order valence-electron chi connectivity index (χ3n) is 4.61. The van der Waals surface area contributed by atoms with Crippen molar-refractivity contribution in [2.45, 2.75) is 27.3 Å². The standard InChI is InChI=1S/C22H20ClN5O/c1-14-5-4-6-17(11-14)21(29)27(19-9-7-18(23)8-10-19)13-20-25-22-24-15(2)12-16(3)28(22)26-20/h4-12H,13H2,1-3H3. The maximum Gasteiger partial charge on any atom is 0.258 e. The van der Waals surface area contributed by atoms with Crippen LogP contribution in [0.2, 0.25) is 5.02 Å². The number of benzene rings is 2. The highest BCUT2D eigenvalue weighted by Crippen LogP contribution is 2.22. The third-order valence-corrected chi connectivity index (χ3v) is 4.86. The van der Waals surface area contributed by atoms with E-state index in [0.717, 1.165) is 22.6 Å². The molecule has 0 radical (unpaired) electrons. The van der Waals surface area contributed by atoms with Crippen molar-refractivity contribution in [1.82, 2.24) is 19.6 Å². The minimum absolute atomic E-state index is 0.129. The minimum atomic E-state index is -0.129. The molecule has 4 rings (SSSR count). The molecule has 6 nitrogen and oxygen atoms in total. The van der Waals surface area contributed by atoms with Crippen molar-refractivity contribution in [1.29, 1.82) is 0 Å². The molecule has 0 N–H and O–H groups in total. The van der Waals surface area contributed by atoms with Crippen molar-refractivity contribution >= 4 is 29.0 Å². The predicted octanol–water partition coefficient (Wildman–Crippen LogP) is 4.55. The number of anilines is 1. The molecule has 2 aromatic heterocycles. The second kappa shape index (κ2) is 7.64. The highest BCUT2D eigenvalue weighted by Gasteiger charge is 2.21. The summed E-state index contributed by atoms with van der Waals surface area (Å²) in [6.45, 7) is 6.05. The Morgan fingerprint density at radius 2 is 1.79 bits per heavy atom. The van der Waals surface area contributed by atoms with E-state index in [2.05, 4.69) is 15.1 Å². The monoisotopic (exact) mass is 405 g/mol. The summed E-state index contributed by atoms with van der Waals surface area (Å²) in [5, 5.41) is 5.16. The van der Waals surface area contributed by atoms with Gasteiger partial charge in [0.1, 0.15) is 0 Å². The largest absolute Gasteiger partial charge is 0.301 e. The van der Waals surface area contributed by atoms with Crippen LogP contribution in [-0.4, -0.2) is 25.5 Å². The summed E-state index contributed by atoms with van der Waals surface area (Å²) in [6.07, 6.45) is 0. The van der Waals surface area contributed by atoms with Gasteiger partial charge in [0.15, 0.2) is 5.82 Å². The number of aromatic nitrogens is 4. The molecule has 2 heterocycles. The molecule has 2 aromatic carbocycles. The second-order valence-corrected chi connectivity index (χ2v) is 7.45. The molecule has 0 aliphatic carbocycles. The molecule has 4 aromatic rings. The van der Waals surface area contributed by atoms with Crippen LogP contribution in [-0.2, 0) is 6.54 Å². The average Bonchev–Trinajstić information content (AvgIpc) is 3.09. The number of halogens is 1. The van der Waals surface area contributed by atoms with Crippen molar-refractivity contribution in [3.8, 4) is 0 Å². The fraction of sp³-hybridized carbons (Fsp3) is 0.182. The SMILES string of the molecule is Cc1cccc(C(=O)N(Cc2nc3nc(C)cc(C)n3n2)c2ccc(Cl)cc2)c1. The molecule has 29 heavy (non-hydrogen) atoms. The quantitative estimate of drug-likeness (QED) is 0.499. The number of fused-ring (bicyclic) bond motifs is 1. The summed E-state index contributed by atoms with van der Waals surface area (Å²) in [5.41, 5.74) is 4.16. The molecule has 0 bridgehead atoms. The zero-order valence-electron chi connectivity index (χ0n) is 16.4. The Balaban J connectivity index is 1.75. The van der Waals surface area contributed by atoms with E-state index >= 15 is 0 Å². The topological polar surface area (TPSA) is 63.4 Å². The Morgan fingerprint density at radius 1 is 1.03 bits per heavy atom. The summed E-state index contributed by atoms with van der Waals surface area (Å²) in [4.78, 5) is 24.0. The van der Waals surface area contributed by atoms with Gasteiger partial charge in [0, 0.05) is 27.7 Å². The van der Waals surface area contributed by atoms with E-state index in [0.29, 0.717) is 22.2 Å². The van der Waals surface area contributed by atoms with Gasteiger partial charge in [-0.2, -0.15) is 4.98 Å². The molecule has 0 fully saturated rings. The van der Waals surface area contributed by atoms with Crippen LogP contribution in [0.15, 0.2) is 54.6 Å². The molecule has 0 spiro atoms. The van der Waals surface area contributed by atoms with Crippen molar-refractivity contribution < 1.29 is 4.79 Å². The lowest BCUT2D eigenvalue weighted by Crippen LogP contribution is -2.31. The Morgan fingerprint density at radius 3 is 2.52 bits per heavy atom. The summed E-state index contributed by atoms with van der Waals surface area (Å²) in [5.74, 6) is 0.912. The molecule has 0 saturated carbocycles. The lowest BCUT2D eigenvalue weighted by molar-refractivity contribution is 0.0984. The number of amides is 1. The maximum absolute atomic E-state index is 13.3. The van der Waals surface area contributed by atoms with E-state index in [1.54, 1.807) is 21.5 Å². The van der Waals surface area contributed by atoms with Crippen LogP contribution in [0.4, 0.5) is 5.69 Å². The number of carbonyl (C=O) groups is 1. The van der Waals surface area contributed by atoms with Gasteiger partial charge in [0.25, 0.3) is 11.7 Å². The summed E-state index contributed by atoms with van der Waals surface area (Å²) in [6, 6.07) is 16.6. The van der Waals surface area contributed by atoms with Gasteiger partial charge < -0.3 is 4.90 Å². The third kappa shape index (κ3) is 3.98. The molecule has 0 atom stereocenters. The lowest BCUT2D eigenvalue weighted by atomic mass is 10.1. The summed E-state index contributed by atoms with van der Waals surface area (Å²) in [7, 11) is 0. The average molecular weight is 406 g/mol. The number of carbonyl (C=O) groups excluding carboxylic acids is 1. The van der Waals surface area contributed by atoms with Crippen LogP contribution < -0.4 is 4.90 Å². The Bertz CT molecular complexity index is 1200. The van der Waals surface area contributed by atoms with Gasteiger partial charge in [0.2, 0.25) is 0 Å². The predicted molar refractivity (Wildman–Crippen MR) is 113 cm³/mol. The van der Waals surface area contributed by atoms with E-state index in [9.17, 15) is 4.79 Å². The van der Waals surface area contributed by atoms with E-state index in [1.165, 1.54) is 0 Å². The van der Waals surface area contributed by atoms with Gasteiger partial charge in [0.05, 0.1) is 6.54 Å². The zero-order chi connectivity index (χ0) is 20.5. The van der Waals surface area contributed by atoms with Crippen molar-refractivity contribution in [2.24, 2.45) is 0 Å². The lowest BCUT2D eigenvalue weighted by Gasteiger charge is -2.22. The first kappa shape index (κ1) is 19.1. The molecule has 1 amide bonds. The van der Waals surface area contributed by atoms with E-state index in [4.69, 9.17) is 11.6 Å². The fourth-order valence-electron chi connectivity index (χ4n) is 3.25. The summed E-state index contributed by atoms with van der Waals surface area (Å²) < 4.78 is 1.69. The maximum atomic E-state index is 13.3. The molecule has 0 aliphatic rings. The van der Waals surface area contributed by atoms with Crippen LogP contribution in [0.5, 0.6) is 0 Å². The van der Waals surface area contributed by atoms with E-state index in [-0.39, 0.29) is 12.5 Å². The van der Waals surface area contributed by atoms with Gasteiger partial charge in [-0.15, -0.1) is 5.10 Å². The fourth-order valence-corrected chi connectivity index (χ4v) is 3.38. The van der Waals surface area contributed by atoms with Gasteiger partial charge in [-0.1, -0.05) is 29.3 Å². The first-order chi connectivity index (χ1) is 13.9.